The van der Waals surface area contributed by atoms with Crippen molar-refractivity contribution in [2.24, 2.45) is 0 Å². The zero-order valence-electron chi connectivity index (χ0n) is 16.6. The van der Waals surface area contributed by atoms with Crippen LogP contribution in [-0.2, 0) is 14.8 Å². The molecule has 1 atom stereocenters. The number of carbonyl (C=O) groups is 1. The first kappa shape index (κ1) is 20.3. The summed E-state index contributed by atoms with van der Waals surface area (Å²) in [6, 6.07) is 13.0. The average molecular weight is 445 g/mol. The number of fused-ring (bicyclic) bond motifs is 1. The minimum Gasteiger partial charge on any atom is -0.476 e. The van der Waals surface area contributed by atoms with Gasteiger partial charge in [-0.25, -0.2) is 8.42 Å². The maximum atomic E-state index is 12.8. The van der Waals surface area contributed by atoms with Crippen molar-refractivity contribution < 1.29 is 17.9 Å². The molecule has 0 radical (unpaired) electrons. The summed E-state index contributed by atoms with van der Waals surface area (Å²) in [6.45, 7) is 3.74. The number of benzene rings is 2. The van der Waals surface area contributed by atoms with Gasteiger partial charge in [0.05, 0.1) is 18.5 Å². The van der Waals surface area contributed by atoms with E-state index >= 15 is 0 Å². The van der Waals surface area contributed by atoms with Crippen molar-refractivity contribution in [1.82, 2.24) is 10.2 Å². The molecule has 0 unspecified atom stereocenters. The third kappa shape index (κ3) is 4.14. The number of amides is 1. The summed E-state index contributed by atoms with van der Waals surface area (Å²) in [7, 11) is -3.58. The van der Waals surface area contributed by atoms with Crippen LogP contribution in [0.3, 0.4) is 0 Å². The molecular formula is C20H20N4O4S2. The maximum Gasteiger partial charge on any atom is 0.269 e. The molecule has 0 saturated carbocycles. The number of carbonyl (C=O) groups excluding carboxylic acids is 1. The van der Waals surface area contributed by atoms with E-state index in [2.05, 4.69) is 15.5 Å². The molecule has 0 saturated heterocycles. The average Bonchev–Trinajstić information content (AvgIpc) is 3.15. The molecule has 30 heavy (non-hydrogen) atoms. The Morgan fingerprint density at radius 3 is 2.53 bits per heavy atom. The second kappa shape index (κ2) is 7.69. The van der Waals surface area contributed by atoms with E-state index < -0.39 is 22.0 Å². The zero-order valence-corrected chi connectivity index (χ0v) is 18.3. The Morgan fingerprint density at radius 2 is 1.83 bits per heavy atom. The van der Waals surface area contributed by atoms with Crippen molar-refractivity contribution in [2.75, 3.05) is 22.4 Å². The van der Waals surface area contributed by atoms with Gasteiger partial charge in [-0.05, 0) is 31.5 Å². The van der Waals surface area contributed by atoms with Crippen LogP contribution in [0.5, 0.6) is 5.75 Å². The molecule has 0 aliphatic carbocycles. The molecule has 1 aliphatic heterocycles. The van der Waals surface area contributed by atoms with Crippen molar-refractivity contribution in [3.05, 3.63) is 53.6 Å². The molecule has 8 nitrogen and oxygen atoms in total. The van der Waals surface area contributed by atoms with Crippen LogP contribution in [0.2, 0.25) is 0 Å². The van der Waals surface area contributed by atoms with Gasteiger partial charge in [0.1, 0.15) is 10.8 Å². The molecule has 0 fully saturated rings. The lowest BCUT2D eigenvalue weighted by molar-refractivity contribution is -0.122. The number of ether oxygens (including phenoxy) is 1. The molecule has 1 aliphatic rings. The van der Waals surface area contributed by atoms with Crippen molar-refractivity contribution in [3.8, 4) is 16.3 Å². The Kier molecular flexibility index (Phi) is 5.20. The topological polar surface area (TPSA) is 101 Å². The van der Waals surface area contributed by atoms with Crippen LogP contribution in [0.25, 0.3) is 10.6 Å². The van der Waals surface area contributed by atoms with Crippen LogP contribution in [0, 0.1) is 13.8 Å². The van der Waals surface area contributed by atoms with Crippen LogP contribution in [0.4, 0.5) is 10.8 Å². The number of hydrogen-bond acceptors (Lipinski definition) is 7. The lowest BCUT2D eigenvalue weighted by atomic mass is 10.1. The van der Waals surface area contributed by atoms with E-state index in [-0.39, 0.29) is 6.54 Å². The number of hydrogen-bond donors (Lipinski definition) is 1. The molecular weight excluding hydrogens is 424 g/mol. The number of nitrogens with one attached hydrogen (secondary N) is 1. The van der Waals surface area contributed by atoms with Gasteiger partial charge in [0.2, 0.25) is 15.2 Å². The van der Waals surface area contributed by atoms with Crippen molar-refractivity contribution in [3.63, 3.8) is 0 Å². The third-order valence-corrected chi connectivity index (χ3v) is 6.66. The third-order valence-electron chi connectivity index (χ3n) is 4.63. The van der Waals surface area contributed by atoms with Crippen LogP contribution in [-0.4, -0.2) is 43.4 Å². The summed E-state index contributed by atoms with van der Waals surface area (Å²) in [6.07, 6.45) is 0.0968. The summed E-state index contributed by atoms with van der Waals surface area (Å²) >= 11 is 1.24. The van der Waals surface area contributed by atoms with Gasteiger partial charge in [-0.1, -0.05) is 47.2 Å². The fourth-order valence-corrected chi connectivity index (χ4v) is 4.74. The van der Waals surface area contributed by atoms with Crippen LogP contribution >= 0.6 is 11.3 Å². The van der Waals surface area contributed by atoms with Crippen molar-refractivity contribution >= 4 is 38.1 Å². The minimum atomic E-state index is -3.58. The number of rotatable bonds is 4. The van der Waals surface area contributed by atoms with E-state index in [1.54, 1.807) is 18.2 Å². The Hall–Kier alpha value is -2.98. The normalized spacial score (nSPS) is 16.0. The molecule has 2 aromatic carbocycles. The molecule has 10 heteroatoms. The summed E-state index contributed by atoms with van der Waals surface area (Å²) in [5.74, 6) is -0.142. The Balaban J connectivity index is 1.54. The van der Waals surface area contributed by atoms with E-state index in [1.165, 1.54) is 15.6 Å². The highest BCUT2D eigenvalue weighted by molar-refractivity contribution is 7.92. The first-order chi connectivity index (χ1) is 14.2. The van der Waals surface area contributed by atoms with Crippen LogP contribution < -0.4 is 14.4 Å². The van der Waals surface area contributed by atoms with Gasteiger partial charge in [0, 0.05) is 5.56 Å². The van der Waals surface area contributed by atoms with Gasteiger partial charge in [-0.3, -0.25) is 14.4 Å². The number of aromatic nitrogens is 2. The molecule has 4 rings (SSSR count). The predicted octanol–water partition coefficient (Wildman–Crippen LogP) is 2.99. The highest BCUT2D eigenvalue weighted by atomic mass is 32.2. The van der Waals surface area contributed by atoms with Gasteiger partial charge in [-0.15, -0.1) is 10.2 Å². The highest BCUT2D eigenvalue weighted by Gasteiger charge is 2.35. The molecule has 1 amide bonds. The molecule has 1 N–H and O–H groups in total. The monoisotopic (exact) mass is 444 g/mol. The molecule has 2 heterocycles. The van der Waals surface area contributed by atoms with Crippen LogP contribution in [0.1, 0.15) is 11.1 Å². The van der Waals surface area contributed by atoms with Crippen molar-refractivity contribution in [1.29, 1.82) is 0 Å². The fourth-order valence-electron chi connectivity index (χ4n) is 3.08. The number of aryl methyl sites for hydroxylation is 2. The smallest absolute Gasteiger partial charge is 0.269 e. The maximum absolute atomic E-state index is 12.8. The van der Waals surface area contributed by atoms with Crippen molar-refractivity contribution in [2.45, 2.75) is 20.0 Å². The minimum absolute atomic E-state index is 0.120. The SMILES string of the molecule is Cc1ccc(-c2nnc(NC(=O)[C@@H]3CN(S(C)(=O)=O)c4cc(C)ccc4O3)s2)cc1. The second-order valence-corrected chi connectivity index (χ2v) is 10.0. The van der Waals surface area contributed by atoms with E-state index in [4.69, 9.17) is 4.74 Å². The number of sulfonamides is 1. The van der Waals surface area contributed by atoms with Gasteiger partial charge >= 0.3 is 0 Å². The quantitative estimate of drug-likeness (QED) is 0.664. The Morgan fingerprint density at radius 1 is 1.13 bits per heavy atom. The summed E-state index contributed by atoms with van der Waals surface area (Å²) in [5, 5.41) is 11.8. The Labute approximate surface area is 178 Å². The van der Waals surface area contributed by atoms with Gasteiger partial charge in [0.15, 0.2) is 6.10 Å². The zero-order chi connectivity index (χ0) is 21.5. The fraction of sp³-hybridized carbons (Fsp3) is 0.250. The predicted molar refractivity (Wildman–Crippen MR) is 116 cm³/mol. The molecule has 1 aromatic heterocycles. The first-order valence-electron chi connectivity index (χ1n) is 9.17. The summed E-state index contributed by atoms with van der Waals surface area (Å²) in [4.78, 5) is 12.8. The van der Waals surface area contributed by atoms with Crippen LogP contribution in [0.15, 0.2) is 42.5 Å². The molecule has 156 valence electrons. The summed E-state index contributed by atoms with van der Waals surface area (Å²) < 4.78 is 31.6. The second-order valence-electron chi connectivity index (χ2n) is 7.14. The van der Waals surface area contributed by atoms with Gasteiger partial charge in [-0.2, -0.15) is 0 Å². The van der Waals surface area contributed by atoms with Gasteiger partial charge in [0.25, 0.3) is 5.91 Å². The first-order valence-corrected chi connectivity index (χ1v) is 11.8. The molecule has 3 aromatic rings. The van der Waals surface area contributed by atoms with E-state index in [9.17, 15) is 13.2 Å². The summed E-state index contributed by atoms with van der Waals surface area (Å²) in [5.41, 5.74) is 3.36. The number of nitrogens with zero attached hydrogens (tertiary/aromatic N) is 3. The number of anilines is 2. The lowest BCUT2D eigenvalue weighted by Gasteiger charge is -2.34. The Bertz CT molecular complexity index is 1210. The van der Waals surface area contributed by atoms with E-state index in [0.29, 0.717) is 21.6 Å². The molecule has 0 bridgehead atoms. The lowest BCUT2D eigenvalue weighted by Crippen LogP contribution is -2.48. The van der Waals surface area contributed by atoms with Gasteiger partial charge < -0.3 is 4.74 Å². The molecule has 0 spiro atoms. The van der Waals surface area contributed by atoms with E-state index in [0.717, 1.165) is 22.9 Å². The highest BCUT2D eigenvalue weighted by Crippen LogP contribution is 2.36. The van der Waals surface area contributed by atoms with E-state index in [1.807, 2.05) is 38.1 Å². The standard InChI is InChI=1S/C20H20N4O4S2/c1-12-4-7-14(8-5-12)19-22-23-20(29-19)21-18(25)17-11-24(30(3,26)27)15-10-13(2)6-9-16(15)28-17/h4-10,17H,11H2,1-3H3,(H,21,23,25)/t17-/m0/s1. The largest absolute Gasteiger partial charge is 0.476 e.